The number of allylic oxidation sites excluding steroid dienone is 1. The average Bonchev–Trinajstić information content (AvgIpc) is 3.28. The Bertz CT molecular complexity index is 1120. The summed E-state index contributed by atoms with van der Waals surface area (Å²) in [7, 11) is 0. The Labute approximate surface area is 258 Å². The van der Waals surface area contributed by atoms with Crippen LogP contribution in [0.1, 0.15) is 106 Å². The lowest BCUT2D eigenvalue weighted by molar-refractivity contribution is -0.253. The summed E-state index contributed by atoms with van der Waals surface area (Å²) < 4.78 is 50.4. The normalized spacial score (nSPS) is 46.0. The first-order valence-corrected chi connectivity index (χ1v) is 17.1. The molecule has 5 aliphatic carbocycles. The lowest BCUT2D eigenvalue weighted by Gasteiger charge is -2.73. The molecular weight excluding hydrogens is 609 g/mol. The number of hydrogen-bond acceptors (Lipinski definition) is 4. The molecule has 5 aliphatic rings. The van der Waals surface area contributed by atoms with E-state index in [4.69, 9.17) is 9.47 Å². The van der Waals surface area contributed by atoms with Gasteiger partial charge in [-0.2, -0.15) is 13.2 Å². The standard InChI is InChI=1S/C34H50BrF3O4/c1-20(18-35)22-10-15-33(19-41-28(40)34(36,37)38)17-16-31(6)23(27(22)33)8-9-25-30(5)13-12-26(42-21(2)39)29(3,4)24(30)11-14-32(25,31)7/h22-27H,1,8-19H2,2-7H3/t22-,23?,24?,25?,26-,27?,30-,31+,32+,33+/m0/s1. The van der Waals surface area contributed by atoms with E-state index in [1.807, 2.05) is 0 Å². The first kappa shape index (κ1) is 32.3. The van der Waals surface area contributed by atoms with Gasteiger partial charge in [-0.1, -0.05) is 62.7 Å². The topological polar surface area (TPSA) is 52.6 Å². The van der Waals surface area contributed by atoms with Crippen LogP contribution in [-0.4, -0.2) is 36.2 Å². The van der Waals surface area contributed by atoms with Crippen molar-refractivity contribution in [3.8, 4) is 0 Å². The highest BCUT2D eigenvalue weighted by molar-refractivity contribution is 9.09. The molecule has 5 rings (SSSR count). The zero-order chi connectivity index (χ0) is 31.1. The van der Waals surface area contributed by atoms with Gasteiger partial charge in [-0.05, 0) is 110 Å². The van der Waals surface area contributed by atoms with E-state index in [9.17, 15) is 22.8 Å². The molecule has 5 fully saturated rings. The fourth-order valence-corrected chi connectivity index (χ4v) is 12.6. The van der Waals surface area contributed by atoms with E-state index >= 15 is 0 Å². The maximum atomic E-state index is 13.2. The molecule has 4 unspecified atom stereocenters. The van der Waals surface area contributed by atoms with Crippen LogP contribution in [0.3, 0.4) is 0 Å². The van der Waals surface area contributed by atoms with Gasteiger partial charge in [-0.25, -0.2) is 4.79 Å². The van der Waals surface area contributed by atoms with E-state index in [0.29, 0.717) is 23.1 Å². The van der Waals surface area contributed by atoms with Gasteiger partial charge in [0, 0.05) is 23.1 Å². The number of esters is 2. The Hall–Kier alpha value is -1.05. The van der Waals surface area contributed by atoms with E-state index in [0.717, 1.165) is 69.8 Å². The molecule has 0 aromatic rings. The Balaban J connectivity index is 1.48. The lowest BCUT2D eigenvalue weighted by atomic mass is 9.32. The van der Waals surface area contributed by atoms with Crippen molar-refractivity contribution >= 4 is 27.9 Å². The number of alkyl halides is 4. The molecular formula is C34H50BrF3O4. The molecule has 0 bridgehead atoms. The third-order valence-electron chi connectivity index (χ3n) is 14.3. The molecule has 0 amide bonds. The average molecular weight is 660 g/mol. The summed E-state index contributed by atoms with van der Waals surface area (Å²) in [6.07, 6.45) is 4.61. The number of carbonyl (C=O) groups is 2. The van der Waals surface area contributed by atoms with Gasteiger partial charge in [0.15, 0.2) is 0 Å². The van der Waals surface area contributed by atoms with E-state index in [1.165, 1.54) is 6.92 Å². The van der Waals surface area contributed by atoms with E-state index in [1.54, 1.807) is 0 Å². The zero-order valence-corrected chi connectivity index (χ0v) is 27.9. The summed E-state index contributed by atoms with van der Waals surface area (Å²) in [6, 6.07) is 0. The van der Waals surface area contributed by atoms with Crippen molar-refractivity contribution in [3.05, 3.63) is 12.2 Å². The Kier molecular flexibility index (Phi) is 8.09. The van der Waals surface area contributed by atoms with Crippen molar-refractivity contribution in [1.82, 2.24) is 0 Å². The molecule has 5 saturated carbocycles. The molecule has 42 heavy (non-hydrogen) atoms. The van der Waals surface area contributed by atoms with Crippen LogP contribution < -0.4 is 0 Å². The predicted octanol–water partition coefficient (Wildman–Crippen LogP) is 9.06. The largest absolute Gasteiger partial charge is 0.490 e. The predicted molar refractivity (Wildman–Crippen MR) is 160 cm³/mol. The molecule has 0 spiro atoms. The van der Waals surface area contributed by atoms with Gasteiger partial charge in [-0.3, -0.25) is 4.79 Å². The van der Waals surface area contributed by atoms with Crippen LogP contribution in [0.25, 0.3) is 0 Å². The highest BCUT2D eigenvalue weighted by Crippen LogP contribution is 2.77. The van der Waals surface area contributed by atoms with Gasteiger partial charge >= 0.3 is 18.1 Å². The molecule has 0 radical (unpaired) electrons. The van der Waals surface area contributed by atoms with Crippen molar-refractivity contribution < 1.29 is 32.2 Å². The van der Waals surface area contributed by atoms with Gasteiger partial charge in [0.1, 0.15) is 6.10 Å². The molecule has 10 atom stereocenters. The second-order valence-electron chi connectivity index (χ2n) is 16.0. The second-order valence-corrected chi connectivity index (χ2v) is 16.6. The van der Waals surface area contributed by atoms with Crippen molar-refractivity contribution in [3.63, 3.8) is 0 Å². The monoisotopic (exact) mass is 658 g/mol. The maximum Gasteiger partial charge on any atom is 0.490 e. The third kappa shape index (κ3) is 4.64. The summed E-state index contributed by atoms with van der Waals surface area (Å²) in [6.45, 7) is 17.9. The molecule has 4 nitrogen and oxygen atoms in total. The molecule has 8 heteroatoms. The summed E-state index contributed by atoms with van der Waals surface area (Å²) in [5.74, 6) is -0.583. The molecule has 238 valence electrons. The van der Waals surface area contributed by atoms with E-state index < -0.39 is 17.6 Å². The van der Waals surface area contributed by atoms with E-state index in [2.05, 4.69) is 57.1 Å². The van der Waals surface area contributed by atoms with Gasteiger partial charge < -0.3 is 9.47 Å². The van der Waals surface area contributed by atoms with Gasteiger partial charge in [0.05, 0.1) is 6.61 Å². The Morgan fingerprint density at radius 1 is 0.881 bits per heavy atom. The van der Waals surface area contributed by atoms with Crippen LogP contribution in [0.15, 0.2) is 12.2 Å². The second kappa shape index (κ2) is 10.5. The van der Waals surface area contributed by atoms with Crippen molar-refractivity contribution in [2.45, 2.75) is 118 Å². The minimum absolute atomic E-state index is 0.0260. The van der Waals surface area contributed by atoms with Crippen molar-refractivity contribution in [2.24, 2.45) is 56.7 Å². The summed E-state index contributed by atoms with van der Waals surface area (Å²) in [4.78, 5) is 23.8. The number of hydrogen-bond donors (Lipinski definition) is 0. The molecule has 0 saturated heterocycles. The zero-order valence-electron chi connectivity index (χ0n) is 26.3. The van der Waals surface area contributed by atoms with Gasteiger partial charge in [0.2, 0.25) is 0 Å². The molecule has 0 aromatic heterocycles. The van der Waals surface area contributed by atoms with Crippen LogP contribution in [-0.2, 0) is 19.1 Å². The highest BCUT2D eigenvalue weighted by atomic mass is 79.9. The summed E-state index contributed by atoms with van der Waals surface area (Å²) >= 11 is 3.63. The molecule has 0 N–H and O–H groups in total. The highest BCUT2D eigenvalue weighted by Gasteiger charge is 2.71. The first-order valence-electron chi connectivity index (χ1n) is 16.0. The smallest absolute Gasteiger partial charge is 0.462 e. The summed E-state index contributed by atoms with van der Waals surface area (Å²) in [5, 5.41) is 0.675. The summed E-state index contributed by atoms with van der Waals surface area (Å²) in [5.41, 5.74) is 0.816. The van der Waals surface area contributed by atoms with Gasteiger partial charge in [-0.15, -0.1) is 0 Å². The molecule has 0 aromatic carbocycles. The Morgan fingerprint density at radius 3 is 2.19 bits per heavy atom. The fraction of sp³-hybridized carbons (Fsp3) is 0.882. The number of rotatable bonds is 5. The van der Waals surface area contributed by atoms with E-state index in [-0.39, 0.29) is 52.2 Å². The number of carbonyl (C=O) groups excluding carboxylic acids is 2. The number of ether oxygens (including phenoxy) is 2. The Morgan fingerprint density at radius 2 is 1.57 bits per heavy atom. The van der Waals surface area contributed by atoms with Crippen LogP contribution in [0, 0.1) is 56.7 Å². The number of halogens is 4. The van der Waals surface area contributed by atoms with Crippen LogP contribution in [0.5, 0.6) is 0 Å². The van der Waals surface area contributed by atoms with Crippen LogP contribution in [0.2, 0.25) is 0 Å². The third-order valence-corrected chi connectivity index (χ3v) is 15.0. The fourth-order valence-electron chi connectivity index (χ4n) is 12.2. The quantitative estimate of drug-likeness (QED) is 0.168. The van der Waals surface area contributed by atoms with Crippen LogP contribution >= 0.6 is 15.9 Å². The van der Waals surface area contributed by atoms with Gasteiger partial charge in [0.25, 0.3) is 0 Å². The van der Waals surface area contributed by atoms with Crippen LogP contribution in [0.4, 0.5) is 13.2 Å². The van der Waals surface area contributed by atoms with Crippen molar-refractivity contribution in [2.75, 3.05) is 11.9 Å². The molecule has 0 heterocycles. The maximum absolute atomic E-state index is 13.2. The SMILES string of the molecule is C=C(CBr)[C@@H]1CC[C@]2(COC(=O)C(F)(F)F)CC[C@]3(C)C(CCC4[C@@]5(C)CC[C@H](OC(C)=O)C(C)(C)C5CC[C@]43C)C12. The lowest BCUT2D eigenvalue weighted by Crippen LogP contribution is -2.67. The first-order chi connectivity index (χ1) is 19.4. The number of fused-ring (bicyclic) bond motifs is 7. The minimum Gasteiger partial charge on any atom is -0.462 e. The van der Waals surface area contributed by atoms with Crippen molar-refractivity contribution in [1.29, 1.82) is 0 Å². The molecule has 0 aliphatic heterocycles. The minimum atomic E-state index is -4.98.